The van der Waals surface area contributed by atoms with Gasteiger partial charge in [-0.25, -0.2) is 0 Å². The van der Waals surface area contributed by atoms with E-state index in [2.05, 4.69) is 5.32 Å². The minimum Gasteiger partial charge on any atom is -0.497 e. The fraction of sp³-hybridized carbons (Fsp3) is 0.316. The lowest BCUT2D eigenvalue weighted by molar-refractivity contribution is -0.116. The molecule has 0 bridgehead atoms. The number of methoxy groups -OCH3 is 2. The van der Waals surface area contributed by atoms with Gasteiger partial charge in [0.2, 0.25) is 5.91 Å². The second-order valence-electron chi connectivity index (χ2n) is 5.41. The highest BCUT2D eigenvalue weighted by molar-refractivity contribution is 5.91. The van der Waals surface area contributed by atoms with Crippen LogP contribution >= 0.6 is 0 Å². The third-order valence-corrected chi connectivity index (χ3v) is 3.47. The average Bonchev–Trinajstić information content (AvgIpc) is 2.59. The fourth-order valence-corrected chi connectivity index (χ4v) is 2.16. The predicted octanol–water partition coefficient (Wildman–Crippen LogP) is 3.81. The van der Waals surface area contributed by atoms with Crippen LogP contribution in [0.1, 0.15) is 18.4 Å². The van der Waals surface area contributed by atoms with Gasteiger partial charge in [-0.05, 0) is 25.5 Å². The van der Waals surface area contributed by atoms with E-state index in [1.807, 2.05) is 31.2 Å². The van der Waals surface area contributed by atoms with Crippen LogP contribution in [0.5, 0.6) is 17.2 Å². The molecular formula is C19H23NO4. The van der Waals surface area contributed by atoms with Gasteiger partial charge in [-0.3, -0.25) is 4.79 Å². The number of amides is 1. The summed E-state index contributed by atoms with van der Waals surface area (Å²) in [5, 5.41) is 2.84. The van der Waals surface area contributed by atoms with Crippen LogP contribution in [0.2, 0.25) is 0 Å². The Kier molecular flexibility index (Phi) is 6.49. The lowest BCUT2D eigenvalue weighted by atomic mass is 10.2. The van der Waals surface area contributed by atoms with Gasteiger partial charge in [-0.15, -0.1) is 0 Å². The molecule has 0 radical (unpaired) electrons. The number of aryl methyl sites for hydroxylation is 1. The third-order valence-electron chi connectivity index (χ3n) is 3.47. The van der Waals surface area contributed by atoms with Crippen molar-refractivity contribution < 1.29 is 19.0 Å². The summed E-state index contributed by atoms with van der Waals surface area (Å²) in [6, 6.07) is 13.1. The summed E-state index contributed by atoms with van der Waals surface area (Å²) >= 11 is 0. The lowest BCUT2D eigenvalue weighted by Crippen LogP contribution is -2.13. The molecule has 0 saturated heterocycles. The number of anilines is 1. The van der Waals surface area contributed by atoms with Crippen LogP contribution in [0.25, 0.3) is 0 Å². The van der Waals surface area contributed by atoms with E-state index in [4.69, 9.17) is 14.2 Å². The van der Waals surface area contributed by atoms with Gasteiger partial charge in [0.05, 0.1) is 20.8 Å². The molecule has 0 aromatic heterocycles. The fourth-order valence-electron chi connectivity index (χ4n) is 2.16. The van der Waals surface area contributed by atoms with Crippen LogP contribution in [0, 0.1) is 6.92 Å². The molecule has 24 heavy (non-hydrogen) atoms. The van der Waals surface area contributed by atoms with Crippen molar-refractivity contribution in [2.45, 2.75) is 19.8 Å². The van der Waals surface area contributed by atoms with Gasteiger partial charge in [0.25, 0.3) is 0 Å². The Morgan fingerprint density at radius 1 is 0.958 bits per heavy atom. The number of carbonyl (C=O) groups excluding carboxylic acids is 1. The molecule has 5 nitrogen and oxygen atoms in total. The normalized spacial score (nSPS) is 10.1. The molecule has 0 aliphatic rings. The highest BCUT2D eigenvalue weighted by atomic mass is 16.5. The Labute approximate surface area is 142 Å². The van der Waals surface area contributed by atoms with Gasteiger partial charge in [0.15, 0.2) is 0 Å². The summed E-state index contributed by atoms with van der Waals surface area (Å²) < 4.78 is 16.0. The van der Waals surface area contributed by atoms with Crippen molar-refractivity contribution in [1.82, 2.24) is 0 Å². The first-order valence-electron chi connectivity index (χ1n) is 7.83. The summed E-state index contributed by atoms with van der Waals surface area (Å²) in [5.41, 5.74) is 1.84. The van der Waals surface area contributed by atoms with Gasteiger partial charge >= 0.3 is 0 Å². The first kappa shape index (κ1) is 17.7. The second kappa shape index (κ2) is 8.82. The van der Waals surface area contributed by atoms with Crippen molar-refractivity contribution in [2.24, 2.45) is 0 Å². The van der Waals surface area contributed by atoms with Crippen molar-refractivity contribution in [1.29, 1.82) is 0 Å². The Bertz CT molecular complexity index is 645. The summed E-state index contributed by atoms with van der Waals surface area (Å²) in [6.07, 6.45) is 1.02. The first-order chi connectivity index (χ1) is 11.6. The molecule has 0 atom stereocenters. The zero-order chi connectivity index (χ0) is 17.4. The van der Waals surface area contributed by atoms with Crippen molar-refractivity contribution in [3.05, 3.63) is 48.0 Å². The largest absolute Gasteiger partial charge is 0.497 e. The SMILES string of the molecule is COc1cc(NC(=O)CCCOc2ccc(C)cc2)cc(OC)c1. The van der Waals surface area contributed by atoms with E-state index < -0.39 is 0 Å². The zero-order valence-corrected chi connectivity index (χ0v) is 14.3. The molecule has 0 aliphatic heterocycles. The predicted molar refractivity (Wildman–Crippen MR) is 94.1 cm³/mol. The maximum absolute atomic E-state index is 12.0. The Hall–Kier alpha value is -2.69. The minimum absolute atomic E-state index is 0.0715. The molecule has 0 fully saturated rings. The minimum atomic E-state index is -0.0715. The molecule has 0 spiro atoms. The average molecular weight is 329 g/mol. The lowest BCUT2D eigenvalue weighted by Gasteiger charge is -2.10. The summed E-state index contributed by atoms with van der Waals surface area (Å²) in [6.45, 7) is 2.53. The molecule has 0 saturated carbocycles. The quantitative estimate of drug-likeness (QED) is 0.748. The summed E-state index contributed by atoms with van der Waals surface area (Å²) in [4.78, 5) is 12.0. The molecule has 2 rings (SSSR count). The van der Waals surface area contributed by atoms with Crippen LogP contribution in [-0.2, 0) is 4.79 Å². The molecule has 0 unspecified atom stereocenters. The molecule has 2 aromatic carbocycles. The molecule has 2 aromatic rings. The maximum atomic E-state index is 12.0. The van der Waals surface area contributed by atoms with E-state index in [-0.39, 0.29) is 5.91 Å². The van der Waals surface area contributed by atoms with Crippen LogP contribution in [0.15, 0.2) is 42.5 Å². The number of benzene rings is 2. The van der Waals surface area contributed by atoms with Crippen LogP contribution in [-0.4, -0.2) is 26.7 Å². The summed E-state index contributed by atoms with van der Waals surface area (Å²) in [7, 11) is 3.14. The van der Waals surface area contributed by atoms with Crippen molar-refractivity contribution in [3.8, 4) is 17.2 Å². The Morgan fingerprint density at radius 2 is 1.58 bits per heavy atom. The molecule has 5 heteroatoms. The molecular weight excluding hydrogens is 306 g/mol. The standard InChI is InChI=1S/C19H23NO4/c1-14-6-8-16(9-7-14)24-10-4-5-19(21)20-15-11-17(22-2)13-18(12-15)23-3/h6-9,11-13H,4-5,10H2,1-3H3,(H,20,21). The van der Waals surface area contributed by atoms with Crippen LogP contribution < -0.4 is 19.5 Å². The van der Waals surface area contributed by atoms with Crippen molar-refractivity contribution in [3.63, 3.8) is 0 Å². The monoisotopic (exact) mass is 329 g/mol. The third kappa shape index (κ3) is 5.50. The molecule has 0 heterocycles. The van der Waals surface area contributed by atoms with E-state index >= 15 is 0 Å². The van der Waals surface area contributed by atoms with E-state index in [1.165, 1.54) is 5.56 Å². The number of ether oxygens (including phenoxy) is 3. The van der Waals surface area contributed by atoms with Gasteiger partial charge in [0.1, 0.15) is 17.2 Å². The van der Waals surface area contributed by atoms with E-state index in [1.54, 1.807) is 32.4 Å². The number of rotatable bonds is 8. The van der Waals surface area contributed by atoms with Crippen LogP contribution in [0.4, 0.5) is 5.69 Å². The van der Waals surface area contributed by atoms with Crippen molar-refractivity contribution in [2.75, 3.05) is 26.1 Å². The van der Waals surface area contributed by atoms with Gasteiger partial charge in [-0.2, -0.15) is 0 Å². The number of hydrogen-bond acceptors (Lipinski definition) is 4. The van der Waals surface area contributed by atoms with Crippen LogP contribution in [0.3, 0.4) is 0 Å². The highest BCUT2D eigenvalue weighted by Crippen LogP contribution is 2.25. The topological polar surface area (TPSA) is 56.8 Å². The maximum Gasteiger partial charge on any atom is 0.224 e. The molecule has 1 N–H and O–H groups in total. The van der Waals surface area contributed by atoms with Gasteiger partial charge < -0.3 is 19.5 Å². The van der Waals surface area contributed by atoms with E-state index in [0.29, 0.717) is 36.6 Å². The zero-order valence-electron chi connectivity index (χ0n) is 14.3. The molecule has 128 valence electrons. The first-order valence-corrected chi connectivity index (χ1v) is 7.83. The Balaban J connectivity index is 1.78. The smallest absolute Gasteiger partial charge is 0.224 e. The molecule has 1 amide bonds. The highest BCUT2D eigenvalue weighted by Gasteiger charge is 2.06. The number of nitrogens with one attached hydrogen (secondary N) is 1. The van der Waals surface area contributed by atoms with Crippen molar-refractivity contribution >= 4 is 11.6 Å². The molecule has 0 aliphatic carbocycles. The van der Waals surface area contributed by atoms with E-state index in [9.17, 15) is 4.79 Å². The Morgan fingerprint density at radius 3 is 2.17 bits per heavy atom. The number of hydrogen-bond donors (Lipinski definition) is 1. The second-order valence-corrected chi connectivity index (χ2v) is 5.41. The van der Waals surface area contributed by atoms with Gasteiger partial charge in [0, 0.05) is 30.3 Å². The summed E-state index contributed by atoms with van der Waals surface area (Å²) in [5.74, 6) is 2.01. The van der Waals surface area contributed by atoms with Gasteiger partial charge in [-0.1, -0.05) is 17.7 Å². The number of carbonyl (C=O) groups is 1. The van der Waals surface area contributed by atoms with E-state index in [0.717, 1.165) is 5.75 Å².